The second-order valence-electron chi connectivity index (χ2n) is 8.70. The van der Waals surface area contributed by atoms with E-state index in [2.05, 4.69) is 4.72 Å². The fourth-order valence-electron chi connectivity index (χ4n) is 4.25. The first kappa shape index (κ1) is 23.9. The van der Waals surface area contributed by atoms with Gasteiger partial charge in [0, 0.05) is 16.2 Å². The molecule has 31 heavy (non-hydrogen) atoms. The predicted molar refractivity (Wildman–Crippen MR) is 118 cm³/mol. The molecule has 2 heterocycles. The third-order valence-electron chi connectivity index (χ3n) is 5.77. The Morgan fingerprint density at radius 1 is 1.26 bits per heavy atom. The lowest BCUT2D eigenvalue weighted by Gasteiger charge is -2.38. The summed E-state index contributed by atoms with van der Waals surface area (Å²) in [6.07, 6.45) is 1.60. The molecule has 3 rings (SSSR count). The quantitative estimate of drug-likeness (QED) is 0.396. The van der Waals surface area contributed by atoms with Crippen molar-refractivity contribution in [2.24, 2.45) is 0 Å². The number of rotatable bonds is 11. The number of carbonyl (C=O) groups is 2. The van der Waals surface area contributed by atoms with Crippen LogP contribution >= 0.6 is 11.6 Å². The average molecular weight is 470 g/mol. The lowest BCUT2D eigenvalue weighted by Crippen LogP contribution is -2.55. The molecule has 0 aliphatic carbocycles. The SMILES string of the molecule is CC(C)(C)[S@@](=O)NC(Cc1ccccc1Cl)C12CCC(O1)C(COC=O)=C2COC=O. The van der Waals surface area contributed by atoms with Crippen molar-refractivity contribution >= 4 is 35.5 Å². The smallest absolute Gasteiger partial charge is 0.293 e. The van der Waals surface area contributed by atoms with Crippen LogP contribution in [0.15, 0.2) is 35.4 Å². The molecule has 1 N–H and O–H groups in total. The van der Waals surface area contributed by atoms with Gasteiger partial charge < -0.3 is 14.2 Å². The first-order valence-electron chi connectivity index (χ1n) is 10.1. The van der Waals surface area contributed by atoms with E-state index >= 15 is 0 Å². The van der Waals surface area contributed by atoms with Crippen LogP contribution in [0.25, 0.3) is 0 Å². The van der Waals surface area contributed by atoms with Gasteiger partial charge in [-0.2, -0.15) is 0 Å². The van der Waals surface area contributed by atoms with E-state index in [0.29, 0.717) is 30.8 Å². The molecule has 9 heteroatoms. The topological polar surface area (TPSA) is 90.9 Å². The fraction of sp³-hybridized carbons (Fsp3) is 0.545. The summed E-state index contributed by atoms with van der Waals surface area (Å²) < 4.78 is 32.4. The molecule has 1 aromatic carbocycles. The summed E-state index contributed by atoms with van der Waals surface area (Å²) in [7, 11) is -1.38. The van der Waals surface area contributed by atoms with E-state index in [9.17, 15) is 13.8 Å². The molecule has 0 radical (unpaired) electrons. The average Bonchev–Trinajstić information content (AvgIpc) is 3.28. The van der Waals surface area contributed by atoms with Gasteiger partial charge in [0.25, 0.3) is 12.9 Å². The number of nitrogens with one attached hydrogen (secondary N) is 1. The monoisotopic (exact) mass is 469 g/mol. The van der Waals surface area contributed by atoms with E-state index < -0.39 is 27.4 Å². The molecule has 2 aliphatic rings. The molecule has 0 spiro atoms. The maximum absolute atomic E-state index is 13.1. The number of hydrogen-bond acceptors (Lipinski definition) is 6. The van der Waals surface area contributed by atoms with Crippen LogP contribution in [0.3, 0.4) is 0 Å². The molecule has 0 saturated carbocycles. The summed E-state index contributed by atoms with van der Waals surface area (Å²) in [5.74, 6) is 0. The first-order valence-corrected chi connectivity index (χ1v) is 11.7. The minimum atomic E-state index is -1.38. The molecule has 1 saturated heterocycles. The van der Waals surface area contributed by atoms with E-state index in [4.69, 9.17) is 25.8 Å². The third-order valence-corrected chi connectivity index (χ3v) is 7.75. The first-order chi connectivity index (χ1) is 14.7. The summed E-state index contributed by atoms with van der Waals surface area (Å²) in [6, 6.07) is 7.09. The van der Waals surface area contributed by atoms with Gasteiger partial charge in [0.1, 0.15) is 18.8 Å². The number of ether oxygens (including phenoxy) is 3. The molecule has 2 bridgehead atoms. The number of carbonyl (C=O) groups excluding carboxylic acids is 2. The Bertz CT molecular complexity index is 883. The van der Waals surface area contributed by atoms with Crippen LogP contribution in [0, 0.1) is 0 Å². The van der Waals surface area contributed by atoms with Crippen molar-refractivity contribution in [3.05, 3.63) is 46.0 Å². The van der Waals surface area contributed by atoms with E-state index in [-0.39, 0.29) is 19.3 Å². The maximum atomic E-state index is 13.1. The summed E-state index contributed by atoms with van der Waals surface area (Å²) >= 11 is 6.43. The van der Waals surface area contributed by atoms with Gasteiger partial charge in [-0.15, -0.1) is 0 Å². The Labute approximate surface area is 190 Å². The molecule has 7 nitrogen and oxygen atoms in total. The second kappa shape index (κ2) is 9.81. The van der Waals surface area contributed by atoms with Crippen molar-refractivity contribution in [2.45, 2.75) is 62.5 Å². The number of fused-ring (bicyclic) bond motifs is 2. The van der Waals surface area contributed by atoms with Crippen molar-refractivity contribution in [1.29, 1.82) is 0 Å². The largest absolute Gasteiger partial charge is 0.463 e. The van der Waals surface area contributed by atoms with Crippen LogP contribution in [0.2, 0.25) is 5.02 Å². The van der Waals surface area contributed by atoms with Gasteiger partial charge in [-0.25, -0.2) is 8.93 Å². The van der Waals surface area contributed by atoms with E-state index in [1.54, 1.807) is 0 Å². The van der Waals surface area contributed by atoms with Crippen molar-refractivity contribution in [2.75, 3.05) is 13.2 Å². The van der Waals surface area contributed by atoms with Crippen LogP contribution in [-0.2, 0) is 41.2 Å². The Morgan fingerprint density at radius 2 is 1.94 bits per heavy atom. The lowest BCUT2D eigenvalue weighted by molar-refractivity contribution is -0.129. The molecule has 0 amide bonds. The Kier molecular flexibility index (Phi) is 7.57. The molecule has 0 aromatic heterocycles. The van der Waals surface area contributed by atoms with Gasteiger partial charge in [0.05, 0.1) is 27.9 Å². The zero-order chi connectivity index (χ0) is 22.6. The van der Waals surface area contributed by atoms with Crippen molar-refractivity contribution in [3.63, 3.8) is 0 Å². The minimum Gasteiger partial charge on any atom is -0.463 e. The summed E-state index contributed by atoms with van der Waals surface area (Å²) in [6.45, 7) is 6.52. The standard InChI is InChI=1S/C22H28ClNO6S/c1-21(2,3)31(27)24-20(10-15-6-4-5-7-18(15)23)22-9-8-19(30-22)16(11-28-13-25)17(22)12-29-14-26/h4-7,13-14,19-20,24H,8-12H2,1-3H3/t19?,20?,22?,31-/m1/s1. The highest BCUT2D eigenvalue weighted by Gasteiger charge is 2.57. The van der Waals surface area contributed by atoms with Crippen LogP contribution in [0.4, 0.5) is 0 Å². The lowest BCUT2D eigenvalue weighted by atomic mass is 9.76. The number of hydrogen-bond donors (Lipinski definition) is 1. The molecule has 1 fully saturated rings. The molecule has 170 valence electrons. The highest BCUT2D eigenvalue weighted by atomic mass is 35.5. The summed E-state index contributed by atoms with van der Waals surface area (Å²) in [5, 5.41) is 0.610. The zero-order valence-corrected chi connectivity index (χ0v) is 19.5. The number of benzene rings is 1. The normalized spacial score (nSPS) is 24.7. The van der Waals surface area contributed by atoms with Crippen LogP contribution in [0.1, 0.15) is 39.2 Å². The molecular weight excluding hydrogens is 442 g/mol. The molecule has 1 aromatic rings. The summed E-state index contributed by atoms with van der Waals surface area (Å²) in [5.41, 5.74) is 1.60. The summed E-state index contributed by atoms with van der Waals surface area (Å²) in [4.78, 5) is 21.7. The van der Waals surface area contributed by atoms with E-state index in [1.807, 2.05) is 45.0 Å². The molecule has 3 unspecified atom stereocenters. The molecule has 4 atom stereocenters. The van der Waals surface area contributed by atoms with Gasteiger partial charge in [0.15, 0.2) is 0 Å². The second-order valence-corrected chi connectivity index (χ2v) is 11.1. The van der Waals surface area contributed by atoms with Crippen molar-refractivity contribution in [3.8, 4) is 0 Å². The van der Waals surface area contributed by atoms with Crippen LogP contribution in [-0.4, -0.2) is 52.9 Å². The predicted octanol–water partition coefficient (Wildman–Crippen LogP) is 2.88. The maximum Gasteiger partial charge on any atom is 0.293 e. The van der Waals surface area contributed by atoms with Gasteiger partial charge >= 0.3 is 0 Å². The highest BCUT2D eigenvalue weighted by Crippen LogP contribution is 2.50. The van der Waals surface area contributed by atoms with Gasteiger partial charge in [-0.05, 0) is 51.7 Å². The number of halogens is 1. The molecular formula is C22H28ClNO6S. The van der Waals surface area contributed by atoms with E-state index in [0.717, 1.165) is 23.1 Å². The highest BCUT2D eigenvalue weighted by molar-refractivity contribution is 7.84. The third kappa shape index (κ3) is 5.03. The Balaban J connectivity index is 2.03. The van der Waals surface area contributed by atoms with E-state index in [1.165, 1.54) is 0 Å². The van der Waals surface area contributed by atoms with Crippen molar-refractivity contribution in [1.82, 2.24) is 4.72 Å². The van der Waals surface area contributed by atoms with Gasteiger partial charge in [-0.3, -0.25) is 9.59 Å². The Hall–Kier alpha value is -1.74. The minimum absolute atomic E-state index is 0.0143. The van der Waals surface area contributed by atoms with Gasteiger partial charge in [-0.1, -0.05) is 29.8 Å². The fourth-order valence-corrected chi connectivity index (χ4v) is 5.34. The van der Waals surface area contributed by atoms with Crippen LogP contribution < -0.4 is 4.72 Å². The Morgan fingerprint density at radius 3 is 2.58 bits per heavy atom. The van der Waals surface area contributed by atoms with Gasteiger partial charge in [0.2, 0.25) is 0 Å². The zero-order valence-electron chi connectivity index (χ0n) is 17.9. The molecule has 2 aliphatic heterocycles. The van der Waals surface area contributed by atoms with Crippen molar-refractivity contribution < 1.29 is 28.0 Å². The van der Waals surface area contributed by atoms with Crippen LogP contribution in [0.5, 0.6) is 0 Å².